The predicted octanol–water partition coefficient (Wildman–Crippen LogP) is 4.45. The van der Waals surface area contributed by atoms with E-state index in [9.17, 15) is 4.79 Å². The SMILES string of the molecule is C[CH]c1nc2cc(Cl)ccc2n1C(=O)OCc1ccccc1. The Morgan fingerprint density at radius 2 is 2.05 bits per heavy atom. The molecule has 0 atom stereocenters. The van der Waals surface area contributed by atoms with E-state index in [1.807, 2.05) is 37.3 Å². The first-order valence-electron chi connectivity index (χ1n) is 6.87. The minimum Gasteiger partial charge on any atom is -0.444 e. The molecule has 111 valence electrons. The zero-order valence-electron chi connectivity index (χ0n) is 12.0. The van der Waals surface area contributed by atoms with Crippen LogP contribution in [0.2, 0.25) is 5.02 Å². The van der Waals surface area contributed by atoms with Crippen LogP contribution >= 0.6 is 11.6 Å². The number of rotatable bonds is 3. The van der Waals surface area contributed by atoms with Crippen molar-refractivity contribution in [3.8, 4) is 0 Å². The molecule has 0 saturated heterocycles. The molecule has 0 fully saturated rings. The van der Waals surface area contributed by atoms with Crippen LogP contribution in [0.1, 0.15) is 18.3 Å². The van der Waals surface area contributed by atoms with E-state index in [1.54, 1.807) is 24.6 Å². The van der Waals surface area contributed by atoms with E-state index in [2.05, 4.69) is 4.98 Å². The number of fused-ring (bicyclic) bond motifs is 1. The Bertz CT molecular complexity index is 812. The average molecular weight is 314 g/mol. The lowest BCUT2D eigenvalue weighted by atomic mass is 10.2. The lowest BCUT2D eigenvalue weighted by molar-refractivity contribution is 0.142. The Balaban J connectivity index is 1.89. The van der Waals surface area contributed by atoms with Crippen molar-refractivity contribution >= 4 is 28.7 Å². The monoisotopic (exact) mass is 313 g/mol. The van der Waals surface area contributed by atoms with E-state index in [4.69, 9.17) is 16.3 Å². The number of imidazole rings is 1. The zero-order chi connectivity index (χ0) is 15.5. The number of ether oxygens (including phenoxy) is 1. The molecule has 3 aromatic rings. The molecule has 0 aliphatic rings. The van der Waals surface area contributed by atoms with Gasteiger partial charge in [0.15, 0.2) is 0 Å². The molecular formula is C17H14ClN2O2. The highest BCUT2D eigenvalue weighted by molar-refractivity contribution is 6.31. The van der Waals surface area contributed by atoms with Gasteiger partial charge in [-0.1, -0.05) is 48.9 Å². The Labute approximate surface area is 133 Å². The van der Waals surface area contributed by atoms with Crippen LogP contribution in [0, 0.1) is 6.42 Å². The van der Waals surface area contributed by atoms with Gasteiger partial charge in [0.2, 0.25) is 0 Å². The van der Waals surface area contributed by atoms with Gasteiger partial charge in [0.05, 0.1) is 11.0 Å². The van der Waals surface area contributed by atoms with Crippen molar-refractivity contribution in [1.29, 1.82) is 0 Å². The van der Waals surface area contributed by atoms with E-state index in [1.165, 1.54) is 4.57 Å². The lowest BCUT2D eigenvalue weighted by Crippen LogP contribution is -2.15. The smallest absolute Gasteiger partial charge is 0.420 e. The summed E-state index contributed by atoms with van der Waals surface area (Å²) in [6.07, 6.45) is 1.30. The Morgan fingerprint density at radius 1 is 1.27 bits per heavy atom. The molecule has 3 rings (SSSR count). The van der Waals surface area contributed by atoms with Gasteiger partial charge in [-0.05, 0) is 23.8 Å². The van der Waals surface area contributed by atoms with Crippen LogP contribution in [0.15, 0.2) is 48.5 Å². The fraction of sp³-hybridized carbons (Fsp3) is 0.118. The third-order valence-electron chi connectivity index (χ3n) is 3.29. The van der Waals surface area contributed by atoms with Crippen LogP contribution < -0.4 is 0 Å². The summed E-state index contributed by atoms with van der Waals surface area (Å²) in [7, 11) is 0. The van der Waals surface area contributed by atoms with Gasteiger partial charge in [-0.2, -0.15) is 0 Å². The maximum atomic E-state index is 12.4. The number of benzene rings is 2. The molecule has 0 aliphatic heterocycles. The van der Waals surface area contributed by atoms with Gasteiger partial charge >= 0.3 is 6.09 Å². The van der Waals surface area contributed by atoms with Gasteiger partial charge in [0.25, 0.3) is 0 Å². The number of carbonyl (C=O) groups excluding carboxylic acids is 1. The van der Waals surface area contributed by atoms with Gasteiger partial charge in [-0.15, -0.1) is 0 Å². The van der Waals surface area contributed by atoms with Gasteiger partial charge < -0.3 is 4.74 Å². The third-order valence-corrected chi connectivity index (χ3v) is 3.52. The van der Waals surface area contributed by atoms with E-state index in [0.717, 1.165) is 5.56 Å². The molecule has 0 saturated carbocycles. The first-order valence-corrected chi connectivity index (χ1v) is 7.25. The van der Waals surface area contributed by atoms with Crippen LogP contribution in [0.3, 0.4) is 0 Å². The molecule has 0 spiro atoms. The quantitative estimate of drug-likeness (QED) is 0.717. The van der Waals surface area contributed by atoms with Crippen molar-refractivity contribution < 1.29 is 9.53 Å². The summed E-state index contributed by atoms with van der Waals surface area (Å²) < 4.78 is 6.84. The molecule has 2 aromatic carbocycles. The summed E-state index contributed by atoms with van der Waals surface area (Å²) in [5.41, 5.74) is 2.28. The standard InChI is InChI=1S/C17H14ClN2O2/c1-2-16-19-14-10-13(18)8-9-15(14)20(16)17(21)22-11-12-6-4-3-5-7-12/h2-10H,11H2,1H3. The van der Waals surface area contributed by atoms with Gasteiger partial charge in [0, 0.05) is 11.4 Å². The lowest BCUT2D eigenvalue weighted by Gasteiger charge is -2.08. The van der Waals surface area contributed by atoms with Gasteiger partial charge in [-0.3, -0.25) is 0 Å². The van der Waals surface area contributed by atoms with E-state index < -0.39 is 6.09 Å². The summed E-state index contributed by atoms with van der Waals surface area (Å²) in [5.74, 6) is 0.537. The maximum Gasteiger partial charge on any atom is 0.420 e. The highest BCUT2D eigenvalue weighted by atomic mass is 35.5. The minimum atomic E-state index is -0.457. The summed E-state index contributed by atoms with van der Waals surface area (Å²) in [4.78, 5) is 16.8. The average Bonchev–Trinajstić information content (AvgIpc) is 2.91. The molecule has 5 heteroatoms. The second-order valence-electron chi connectivity index (χ2n) is 4.77. The van der Waals surface area contributed by atoms with Crippen molar-refractivity contribution in [2.45, 2.75) is 13.5 Å². The molecule has 22 heavy (non-hydrogen) atoms. The van der Waals surface area contributed by atoms with Crippen molar-refractivity contribution in [2.24, 2.45) is 0 Å². The Kier molecular flexibility index (Phi) is 4.11. The predicted molar refractivity (Wildman–Crippen MR) is 85.8 cm³/mol. The van der Waals surface area contributed by atoms with Crippen molar-refractivity contribution in [2.75, 3.05) is 0 Å². The molecule has 1 radical (unpaired) electrons. The highest BCUT2D eigenvalue weighted by Gasteiger charge is 2.17. The minimum absolute atomic E-state index is 0.218. The number of hydrogen-bond acceptors (Lipinski definition) is 3. The van der Waals surface area contributed by atoms with E-state index >= 15 is 0 Å². The second kappa shape index (κ2) is 6.20. The molecule has 0 unspecified atom stereocenters. The molecule has 0 bridgehead atoms. The summed E-state index contributed by atoms with van der Waals surface area (Å²) >= 11 is 5.97. The van der Waals surface area contributed by atoms with Crippen molar-refractivity contribution in [3.05, 3.63) is 71.4 Å². The number of nitrogens with zero attached hydrogens (tertiary/aromatic N) is 2. The van der Waals surface area contributed by atoms with Crippen molar-refractivity contribution in [3.63, 3.8) is 0 Å². The van der Waals surface area contributed by atoms with E-state index in [0.29, 0.717) is 21.9 Å². The first-order chi connectivity index (χ1) is 10.7. The summed E-state index contributed by atoms with van der Waals surface area (Å²) in [6.45, 7) is 2.04. The number of halogens is 1. The molecule has 1 aromatic heterocycles. The molecule has 0 amide bonds. The largest absolute Gasteiger partial charge is 0.444 e. The number of carbonyl (C=O) groups is 1. The third kappa shape index (κ3) is 2.83. The Morgan fingerprint density at radius 3 is 2.77 bits per heavy atom. The molecule has 0 aliphatic carbocycles. The maximum absolute atomic E-state index is 12.4. The topological polar surface area (TPSA) is 44.1 Å². The van der Waals surface area contributed by atoms with Crippen molar-refractivity contribution in [1.82, 2.24) is 9.55 Å². The molecule has 0 N–H and O–H groups in total. The number of hydrogen-bond donors (Lipinski definition) is 0. The number of aromatic nitrogens is 2. The Hall–Kier alpha value is -2.33. The van der Waals surface area contributed by atoms with Gasteiger partial charge in [0.1, 0.15) is 12.4 Å². The molecular weight excluding hydrogens is 300 g/mol. The fourth-order valence-electron chi connectivity index (χ4n) is 2.24. The van der Waals surface area contributed by atoms with E-state index in [-0.39, 0.29) is 6.61 Å². The summed E-state index contributed by atoms with van der Waals surface area (Å²) in [5, 5.41) is 0.581. The zero-order valence-corrected chi connectivity index (χ0v) is 12.7. The van der Waals surface area contributed by atoms with Crippen LogP contribution in [-0.4, -0.2) is 15.6 Å². The fourth-order valence-corrected chi connectivity index (χ4v) is 2.41. The normalized spacial score (nSPS) is 10.8. The van der Waals surface area contributed by atoms with Crippen LogP contribution in [-0.2, 0) is 11.3 Å². The molecule has 1 heterocycles. The second-order valence-corrected chi connectivity index (χ2v) is 5.20. The summed E-state index contributed by atoms with van der Waals surface area (Å²) in [6, 6.07) is 14.8. The first kappa shape index (κ1) is 14.6. The van der Waals surface area contributed by atoms with Crippen LogP contribution in [0.4, 0.5) is 4.79 Å². The van der Waals surface area contributed by atoms with Crippen LogP contribution in [0.5, 0.6) is 0 Å². The molecule has 4 nitrogen and oxygen atoms in total. The van der Waals surface area contributed by atoms with Crippen LogP contribution in [0.25, 0.3) is 11.0 Å². The van der Waals surface area contributed by atoms with Gasteiger partial charge in [-0.25, -0.2) is 14.3 Å². The highest BCUT2D eigenvalue weighted by Crippen LogP contribution is 2.22.